The van der Waals surface area contributed by atoms with Gasteiger partial charge in [-0.2, -0.15) is 0 Å². The monoisotopic (exact) mass is 314 g/mol. The van der Waals surface area contributed by atoms with Crippen LogP contribution in [0.5, 0.6) is 0 Å². The summed E-state index contributed by atoms with van der Waals surface area (Å²) in [4.78, 5) is 11.9. The summed E-state index contributed by atoms with van der Waals surface area (Å²) in [5.74, 6) is 7.32. The Bertz CT molecular complexity index is 561. The molecule has 4 rings (SSSR count). The maximum Gasteiger partial charge on any atom is 0.133 e. The third kappa shape index (κ3) is 2.02. The number of ketones is 1. The zero-order chi connectivity index (χ0) is 16.4. The van der Waals surface area contributed by atoms with Gasteiger partial charge in [-0.25, -0.2) is 0 Å². The van der Waals surface area contributed by atoms with E-state index in [-0.39, 0.29) is 5.41 Å². The highest BCUT2D eigenvalue weighted by Gasteiger charge is 2.63. The Labute approximate surface area is 140 Å². The quantitative estimate of drug-likeness (QED) is 0.690. The Hall–Kier alpha value is -0.810. The summed E-state index contributed by atoms with van der Waals surface area (Å²) >= 11 is 0. The van der Waals surface area contributed by atoms with Crippen LogP contribution in [-0.4, -0.2) is 16.5 Å². The number of terminal acetylenes is 1. The molecule has 0 aliphatic heterocycles. The van der Waals surface area contributed by atoms with Gasteiger partial charge in [0.15, 0.2) is 0 Å². The molecule has 1 N–H and O–H groups in total. The predicted octanol–water partition coefficient (Wildman–Crippen LogP) is 3.82. The van der Waals surface area contributed by atoms with Crippen molar-refractivity contribution in [3.05, 3.63) is 0 Å². The van der Waals surface area contributed by atoms with Crippen LogP contribution in [-0.2, 0) is 4.79 Å². The van der Waals surface area contributed by atoms with E-state index in [0.717, 1.165) is 50.4 Å². The Balaban J connectivity index is 1.66. The molecule has 2 nitrogen and oxygen atoms in total. The SMILES string of the molecule is C#C[C@]1(O)CC[C@H]2[C@H]3[C@H](CC[C@@]21C)[C@H]1CCC(=O)C[C@@H]1C[C@H]3C. The Morgan fingerprint density at radius 1 is 1.22 bits per heavy atom. The zero-order valence-corrected chi connectivity index (χ0v) is 14.6. The highest BCUT2D eigenvalue weighted by Crippen LogP contribution is 2.66. The first-order chi connectivity index (χ1) is 10.9. The van der Waals surface area contributed by atoms with E-state index in [1.807, 2.05) is 0 Å². The van der Waals surface area contributed by atoms with E-state index < -0.39 is 5.60 Å². The van der Waals surface area contributed by atoms with Crippen LogP contribution in [0.15, 0.2) is 0 Å². The van der Waals surface area contributed by atoms with Crippen molar-refractivity contribution >= 4 is 5.78 Å². The maximum absolute atomic E-state index is 11.9. The third-order valence-electron chi connectivity index (χ3n) is 8.51. The van der Waals surface area contributed by atoms with Crippen molar-refractivity contribution in [1.82, 2.24) is 0 Å². The van der Waals surface area contributed by atoms with Gasteiger partial charge in [0.05, 0.1) is 0 Å². The molecule has 0 aromatic heterocycles. The fourth-order valence-corrected chi connectivity index (χ4v) is 7.36. The van der Waals surface area contributed by atoms with Crippen LogP contribution < -0.4 is 0 Å². The average Bonchev–Trinajstić information content (AvgIpc) is 2.79. The normalized spacial score (nSPS) is 55.5. The van der Waals surface area contributed by atoms with Crippen molar-refractivity contribution in [3.63, 3.8) is 0 Å². The summed E-state index contributed by atoms with van der Waals surface area (Å²) in [5, 5.41) is 11.0. The molecule has 0 unspecified atom stereocenters. The first-order valence-electron chi connectivity index (χ1n) is 9.61. The van der Waals surface area contributed by atoms with Gasteiger partial charge in [-0.15, -0.1) is 6.42 Å². The largest absolute Gasteiger partial charge is 0.377 e. The Kier molecular flexibility index (Phi) is 3.48. The van der Waals surface area contributed by atoms with E-state index in [1.54, 1.807) is 0 Å². The van der Waals surface area contributed by atoms with Crippen molar-refractivity contribution in [2.75, 3.05) is 0 Å². The van der Waals surface area contributed by atoms with E-state index in [1.165, 1.54) is 12.8 Å². The molecule has 0 spiro atoms. The van der Waals surface area contributed by atoms with Gasteiger partial charge in [-0.3, -0.25) is 4.79 Å². The van der Waals surface area contributed by atoms with Crippen LogP contribution in [0.3, 0.4) is 0 Å². The van der Waals surface area contributed by atoms with E-state index in [9.17, 15) is 9.90 Å². The minimum Gasteiger partial charge on any atom is -0.377 e. The standard InChI is InChI=1S/C21H30O2/c1-4-21(23)10-8-18-19-13(2)11-14-12-15(22)5-6-16(14)17(19)7-9-20(18,21)3/h1,13-14,16-19,23H,5-12H2,2-3H3/t13-,14+,16+,17-,18+,19-,20+,21+/m1/s1. The number of carbonyl (C=O) groups excluding carboxylic acids is 1. The minimum atomic E-state index is -0.901. The molecule has 0 heterocycles. The molecule has 4 saturated carbocycles. The van der Waals surface area contributed by atoms with Crippen LogP contribution in [0.25, 0.3) is 0 Å². The van der Waals surface area contributed by atoms with E-state index >= 15 is 0 Å². The molecule has 2 heteroatoms. The maximum atomic E-state index is 11.9. The summed E-state index contributed by atoms with van der Waals surface area (Å²) in [5.41, 5.74) is -1.00. The summed E-state index contributed by atoms with van der Waals surface area (Å²) in [7, 11) is 0. The van der Waals surface area contributed by atoms with Gasteiger partial charge in [0.2, 0.25) is 0 Å². The highest BCUT2D eigenvalue weighted by molar-refractivity contribution is 5.79. The van der Waals surface area contributed by atoms with Crippen molar-refractivity contribution in [3.8, 4) is 12.3 Å². The van der Waals surface area contributed by atoms with Crippen LogP contribution >= 0.6 is 0 Å². The molecule has 0 bridgehead atoms. The fraction of sp³-hybridized carbons (Fsp3) is 0.857. The van der Waals surface area contributed by atoms with Crippen molar-refractivity contribution < 1.29 is 9.90 Å². The summed E-state index contributed by atoms with van der Waals surface area (Å²) in [6.07, 6.45) is 13.8. The van der Waals surface area contributed by atoms with E-state index in [0.29, 0.717) is 29.5 Å². The number of rotatable bonds is 0. The summed E-state index contributed by atoms with van der Waals surface area (Å²) in [6, 6.07) is 0. The van der Waals surface area contributed by atoms with Gasteiger partial charge < -0.3 is 5.11 Å². The molecule has 8 atom stereocenters. The molecular weight excluding hydrogens is 284 g/mol. The smallest absolute Gasteiger partial charge is 0.133 e. The molecule has 4 fully saturated rings. The van der Waals surface area contributed by atoms with Crippen LogP contribution in [0.2, 0.25) is 0 Å². The molecule has 23 heavy (non-hydrogen) atoms. The van der Waals surface area contributed by atoms with Gasteiger partial charge in [0, 0.05) is 18.3 Å². The van der Waals surface area contributed by atoms with Crippen molar-refractivity contribution in [2.24, 2.45) is 40.9 Å². The van der Waals surface area contributed by atoms with Crippen molar-refractivity contribution in [1.29, 1.82) is 0 Å². The molecule has 0 aromatic rings. The predicted molar refractivity (Wildman–Crippen MR) is 90.4 cm³/mol. The third-order valence-corrected chi connectivity index (χ3v) is 8.51. The second-order valence-corrected chi connectivity index (χ2v) is 9.27. The number of hydrogen-bond acceptors (Lipinski definition) is 2. The molecule has 4 aliphatic carbocycles. The molecular formula is C21H30O2. The van der Waals surface area contributed by atoms with E-state index in [4.69, 9.17) is 6.42 Å². The molecule has 0 saturated heterocycles. The summed E-state index contributed by atoms with van der Waals surface area (Å²) < 4.78 is 0. The molecule has 0 amide bonds. The lowest BCUT2D eigenvalue weighted by Crippen LogP contribution is -2.55. The van der Waals surface area contributed by atoms with Crippen LogP contribution in [0.4, 0.5) is 0 Å². The Morgan fingerprint density at radius 2 is 2.00 bits per heavy atom. The van der Waals surface area contributed by atoms with Gasteiger partial charge >= 0.3 is 0 Å². The number of fused-ring (bicyclic) bond motifs is 5. The molecule has 0 radical (unpaired) electrons. The zero-order valence-electron chi connectivity index (χ0n) is 14.6. The second-order valence-electron chi connectivity index (χ2n) is 9.27. The van der Waals surface area contributed by atoms with E-state index in [2.05, 4.69) is 19.8 Å². The lowest BCUT2D eigenvalue weighted by atomic mass is 9.47. The number of hydrogen-bond donors (Lipinski definition) is 1. The fourth-order valence-electron chi connectivity index (χ4n) is 7.36. The molecule has 126 valence electrons. The second kappa shape index (κ2) is 5.09. The van der Waals surface area contributed by atoms with Gasteiger partial charge in [0.1, 0.15) is 11.4 Å². The lowest BCUT2D eigenvalue weighted by Gasteiger charge is -2.58. The van der Waals surface area contributed by atoms with Crippen LogP contribution in [0, 0.1) is 53.3 Å². The lowest BCUT2D eigenvalue weighted by molar-refractivity contribution is -0.136. The van der Waals surface area contributed by atoms with Crippen LogP contribution in [0.1, 0.15) is 65.2 Å². The van der Waals surface area contributed by atoms with Gasteiger partial charge in [0.25, 0.3) is 0 Å². The first kappa shape index (κ1) is 15.7. The summed E-state index contributed by atoms with van der Waals surface area (Å²) in [6.45, 7) is 4.65. The molecule has 4 aliphatic rings. The highest BCUT2D eigenvalue weighted by atomic mass is 16.3. The number of carbonyl (C=O) groups is 1. The average molecular weight is 314 g/mol. The first-order valence-corrected chi connectivity index (χ1v) is 9.61. The van der Waals surface area contributed by atoms with Gasteiger partial charge in [-0.1, -0.05) is 19.8 Å². The number of aliphatic hydroxyl groups is 1. The minimum absolute atomic E-state index is 0.103. The topological polar surface area (TPSA) is 37.3 Å². The molecule has 0 aromatic carbocycles. The van der Waals surface area contributed by atoms with Gasteiger partial charge in [-0.05, 0) is 74.0 Å². The number of Topliss-reactive ketones (excluding diaryl/α,β-unsaturated/α-hetero) is 1. The van der Waals surface area contributed by atoms with Crippen molar-refractivity contribution in [2.45, 2.75) is 70.8 Å². The Morgan fingerprint density at radius 3 is 2.74 bits per heavy atom.